The summed E-state index contributed by atoms with van der Waals surface area (Å²) in [6.45, 7) is 7.75. The van der Waals surface area contributed by atoms with Gasteiger partial charge in [-0.3, -0.25) is 0 Å². The van der Waals surface area contributed by atoms with Gasteiger partial charge in [0.25, 0.3) is 0 Å². The van der Waals surface area contributed by atoms with Gasteiger partial charge in [0.05, 0.1) is 5.60 Å². The van der Waals surface area contributed by atoms with Gasteiger partial charge in [0.2, 0.25) is 0 Å². The highest BCUT2D eigenvalue weighted by atomic mass is 16.5. The van der Waals surface area contributed by atoms with E-state index >= 15 is 0 Å². The van der Waals surface area contributed by atoms with Gasteiger partial charge in [-0.2, -0.15) is 0 Å². The Balaban J connectivity index is 2.24. The molecule has 90 valence electrons. The Morgan fingerprint density at radius 2 is 2.27 bits per heavy atom. The van der Waals surface area contributed by atoms with Gasteiger partial charge in [0, 0.05) is 19.7 Å². The van der Waals surface area contributed by atoms with Crippen LogP contribution in [0.5, 0.6) is 0 Å². The van der Waals surface area contributed by atoms with E-state index in [1.807, 2.05) is 7.11 Å². The van der Waals surface area contributed by atoms with Crippen molar-refractivity contribution >= 4 is 0 Å². The van der Waals surface area contributed by atoms with Crippen LogP contribution >= 0.6 is 0 Å². The molecule has 1 rings (SSSR count). The molecule has 1 aliphatic rings. The number of methoxy groups -OCH3 is 1. The molecular weight excluding hydrogens is 188 g/mol. The minimum atomic E-state index is 0.0760. The van der Waals surface area contributed by atoms with Crippen LogP contribution in [0.4, 0.5) is 0 Å². The smallest absolute Gasteiger partial charge is 0.0777 e. The van der Waals surface area contributed by atoms with Crippen molar-refractivity contribution in [2.24, 2.45) is 5.73 Å². The SMILES string of the molecule is COC1(C)CCCN(CCCC(C)N)C1. The van der Waals surface area contributed by atoms with Gasteiger partial charge in [-0.1, -0.05) is 0 Å². The van der Waals surface area contributed by atoms with Crippen molar-refractivity contribution in [1.29, 1.82) is 0 Å². The lowest BCUT2D eigenvalue weighted by molar-refractivity contribution is -0.0508. The van der Waals surface area contributed by atoms with Crippen LogP contribution in [0.3, 0.4) is 0 Å². The molecule has 2 unspecified atom stereocenters. The van der Waals surface area contributed by atoms with E-state index in [0.29, 0.717) is 6.04 Å². The van der Waals surface area contributed by atoms with E-state index < -0.39 is 0 Å². The number of rotatable bonds is 5. The van der Waals surface area contributed by atoms with Crippen molar-refractivity contribution in [2.45, 2.75) is 51.2 Å². The summed E-state index contributed by atoms with van der Waals surface area (Å²) in [6, 6.07) is 0.337. The van der Waals surface area contributed by atoms with Gasteiger partial charge >= 0.3 is 0 Å². The molecule has 0 saturated carbocycles. The molecule has 1 fully saturated rings. The van der Waals surface area contributed by atoms with E-state index in [1.54, 1.807) is 0 Å². The van der Waals surface area contributed by atoms with Gasteiger partial charge in [-0.15, -0.1) is 0 Å². The van der Waals surface area contributed by atoms with Gasteiger partial charge < -0.3 is 15.4 Å². The number of nitrogens with zero attached hydrogens (tertiary/aromatic N) is 1. The van der Waals surface area contributed by atoms with Gasteiger partial charge in [0.15, 0.2) is 0 Å². The van der Waals surface area contributed by atoms with Crippen molar-refractivity contribution in [2.75, 3.05) is 26.7 Å². The Hall–Kier alpha value is -0.120. The zero-order valence-electron chi connectivity index (χ0n) is 10.5. The number of piperidine rings is 1. The van der Waals surface area contributed by atoms with E-state index in [4.69, 9.17) is 10.5 Å². The van der Waals surface area contributed by atoms with E-state index in [9.17, 15) is 0 Å². The minimum Gasteiger partial charge on any atom is -0.377 e. The highest BCUT2D eigenvalue weighted by Gasteiger charge is 2.30. The van der Waals surface area contributed by atoms with Crippen LogP contribution in [0.2, 0.25) is 0 Å². The van der Waals surface area contributed by atoms with Crippen molar-refractivity contribution in [3.8, 4) is 0 Å². The summed E-state index contributed by atoms with van der Waals surface area (Å²) < 4.78 is 5.57. The lowest BCUT2D eigenvalue weighted by Crippen LogP contribution is -2.47. The molecule has 3 heteroatoms. The molecule has 15 heavy (non-hydrogen) atoms. The monoisotopic (exact) mass is 214 g/mol. The highest BCUT2D eigenvalue weighted by molar-refractivity contribution is 4.84. The first-order valence-corrected chi connectivity index (χ1v) is 6.09. The molecule has 0 bridgehead atoms. The topological polar surface area (TPSA) is 38.5 Å². The van der Waals surface area contributed by atoms with Gasteiger partial charge in [0.1, 0.15) is 0 Å². The first kappa shape index (κ1) is 12.9. The summed E-state index contributed by atoms with van der Waals surface area (Å²) in [4.78, 5) is 2.51. The third-order valence-corrected chi connectivity index (χ3v) is 3.36. The molecule has 0 amide bonds. The summed E-state index contributed by atoms with van der Waals surface area (Å²) in [5, 5.41) is 0. The summed E-state index contributed by atoms with van der Waals surface area (Å²) in [5.41, 5.74) is 5.82. The molecule has 0 aromatic carbocycles. The Morgan fingerprint density at radius 3 is 2.87 bits per heavy atom. The summed E-state index contributed by atoms with van der Waals surface area (Å²) in [7, 11) is 1.82. The average molecular weight is 214 g/mol. The van der Waals surface area contributed by atoms with Crippen molar-refractivity contribution in [3.63, 3.8) is 0 Å². The normalized spacial score (nSPS) is 30.4. The second kappa shape index (κ2) is 5.83. The van der Waals surface area contributed by atoms with Crippen molar-refractivity contribution in [1.82, 2.24) is 4.90 Å². The van der Waals surface area contributed by atoms with Crippen LogP contribution in [-0.4, -0.2) is 43.3 Å². The fraction of sp³-hybridized carbons (Fsp3) is 1.00. The van der Waals surface area contributed by atoms with Crippen LogP contribution in [0.15, 0.2) is 0 Å². The zero-order chi connectivity index (χ0) is 11.3. The van der Waals surface area contributed by atoms with Crippen molar-refractivity contribution < 1.29 is 4.74 Å². The minimum absolute atomic E-state index is 0.0760. The lowest BCUT2D eigenvalue weighted by atomic mass is 9.94. The Bertz CT molecular complexity index is 184. The van der Waals surface area contributed by atoms with Gasteiger partial charge in [-0.25, -0.2) is 0 Å². The van der Waals surface area contributed by atoms with Crippen molar-refractivity contribution in [3.05, 3.63) is 0 Å². The van der Waals surface area contributed by atoms with E-state index in [0.717, 1.165) is 13.0 Å². The molecule has 0 radical (unpaired) electrons. The maximum atomic E-state index is 5.74. The predicted octanol–water partition coefficient (Wildman–Crippen LogP) is 1.61. The van der Waals surface area contributed by atoms with Crippen LogP contribution < -0.4 is 5.73 Å². The largest absolute Gasteiger partial charge is 0.377 e. The fourth-order valence-corrected chi connectivity index (χ4v) is 2.30. The maximum Gasteiger partial charge on any atom is 0.0777 e. The van der Waals surface area contributed by atoms with Gasteiger partial charge in [-0.05, 0) is 52.6 Å². The first-order chi connectivity index (χ1) is 7.06. The molecule has 0 aliphatic carbocycles. The molecule has 1 aliphatic heterocycles. The van der Waals surface area contributed by atoms with Crippen LogP contribution in [0, 0.1) is 0 Å². The van der Waals surface area contributed by atoms with E-state index in [2.05, 4.69) is 18.7 Å². The molecular formula is C12H26N2O. The van der Waals surface area contributed by atoms with Crippen LogP contribution in [0.25, 0.3) is 0 Å². The number of hydrogen-bond acceptors (Lipinski definition) is 3. The molecule has 0 aromatic heterocycles. The third kappa shape index (κ3) is 4.49. The number of nitrogens with two attached hydrogens (primary N) is 1. The molecule has 0 spiro atoms. The van der Waals surface area contributed by atoms with Crippen LogP contribution in [0.1, 0.15) is 39.5 Å². The Morgan fingerprint density at radius 1 is 1.53 bits per heavy atom. The summed E-state index contributed by atoms with van der Waals surface area (Å²) in [5.74, 6) is 0. The average Bonchev–Trinajstić information content (AvgIpc) is 2.17. The summed E-state index contributed by atoms with van der Waals surface area (Å²) in [6.07, 6.45) is 4.77. The molecule has 3 nitrogen and oxygen atoms in total. The molecule has 1 saturated heterocycles. The second-order valence-electron chi connectivity index (χ2n) is 5.15. The number of likely N-dealkylation sites (tertiary alicyclic amines) is 1. The molecule has 0 aromatic rings. The lowest BCUT2D eigenvalue weighted by Gasteiger charge is -2.39. The number of ether oxygens (including phenoxy) is 1. The molecule has 2 atom stereocenters. The number of hydrogen-bond donors (Lipinski definition) is 1. The zero-order valence-corrected chi connectivity index (χ0v) is 10.5. The van der Waals surface area contributed by atoms with Crippen LogP contribution in [-0.2, 0) is 4.74 Å². The molecule has 2 N–H and O–H groups in total. The molecule has 1 heterocycles. The second-order valence-corrected chi connectivity index (χ2v) is 5.15. The predicted molar refractivity (Wildman–Crippen MR) is 64.0 cm³/mol. The Labute approximate surface area is 94.0 Å². The maximum absolute atomic E-state index is 5.74. The fourth-order valence-electron chi connectivity index (χ4n) is 2.30. The standard InChI is InChI=1S/C12H26N2O/c1-11(13)6-4-8-14-9-5-7-12(2,10-14)15-3/h11H,4-10,13H2,1-3H3. The first-order valence-electron chi connectivity index (χ1n) is 6.09. The highest BCUT2D eigenvalue weighted by Crippen LogP contribution is 2.23. The summed E-state index contributed by atoms with van der Waals surface area (Å²) >= 11 is 0. The quantitative estimate of drug-likeness (QED) is 0.755. The third-order valence-electron chi connectivity index (χ3n) is 3.36. The van der Waals surface area contributed by atoms with E-state index in [-0.39, 0.29) is 5.60 Å². The Kier molecular flexibility index (Phi) is 5.03. The van der Waals surface area contributed by atoms with E-state index in [1.165, 1.54) is 32.4 Å².